The molecule has 0 aromatic carbocycles. The number of carbonyl (C=O) groups is 2. The molecule has 10 heavy (non-hydrogen) atoms. The minimum atomic E-state index is -0.192. The molecule has 1 aliphatic heterocycles. The Hall–Kier alpha value is -0.770. The topological polar surface area (TPSA) is 46.2 Å². The largest absolute Gasteiger partial charge is 0.323 e. The lowest BCUT2D eigenvalue weighted by Crippen LogP contribution is -2.21. The average Bonchev–Trinajstić information content (AvgIpc) is 2.15. The molecule has 1 heterocycles. The molecule has 0 radical (unpaired) electrons. The summed E-state index contributed by atoms with van der Waals surface area (Å²) in [6, 6.07) is 0. The van der Waals surface area contributed by atoms with Crippen LogP contribution in [0.1, 0.15) is 6.92 Å². The quantitative estimate of drug-likeness (QED) is 0.594. The highest BCUT2D eigenvalue weighted by Crippen LogP contribution is 2.16. The zero-order chi connectivity index (χ0) is 7.56. The fraction of sp³-hybridized carbons (Fsp3) is 0.333. The SMILES string of the molecule is CC(=O)NC1=CCSC1=O. The average molecular weight is 157 g/mol. The Morgan fingerprint density at radius 1 is 1.80 bits per heavy atom. The van der Waals surface area contributed by atoms with Crippen molar-refractivity contribution in [1.82, 2.24) is 5.32 Å². The van der Waals surface area contributed by atoms with Gasteiger partial charge >= 0.3 is 0 Å². The third kappa shape index (κ3) is 1.60. The van der Waals surface area contributed by atoms with Crippen LogP contribution in [0.2, 0.25) is 0 Å². The maximum Gasteiger partial charge on any atom is 0.235 e. The smallest absolute Gasteiger partial charge is 0.235 e. The molecule has 4 heteroatoms. The molecule has 0 atom stereocenters. The Morgan fingerprint density at radius 3 is 2.90 bits per heavy atom. The molecule has 3 nitrogen and oxygen atoms in total. The first-order chi connectivity index (χ1) is 4.70. The molecule has 0 fully saturated rings. The van der Waals surface area contributed by atoms with Gasteiger partial charge in [-0.15, -0.1) is 0 Å². The van der Waals surface area contributed by atoms with Crippen molar-refractivity contribution in [3.8, 4) is 0 Å². The predicted octanol–water partition coefficient (Wildman–Crippen LogP) is 0.280. The minimum Gasteiger partial charge on any atom is -0.323 e. The first-order valence-electron chi connectivity index (χ1n) is 2.85. The maximum atomic E-state index is 10.8. The molecule has 0 saturated carbocycles. The van der Waals surface area contributed by atoms with E-state index < -0.39 is 0 Å². The van der Waals surface area contributed by atoms with Gasteiger partial charge < -0.3 is 5.32 Å². The van der Waals surface area contributed by atoms with E-state index in [0.29, 0.717) is 11.4 Å². The summed E-state index contributed by atoms with van der Waals surface area (Å²) < 4.78 is 0. The molecule has 54 valence electrons. The van der Waals surface area contributed by atoms with Gasteiger partial charge in [-0.2, -0.15) is 0 Å². The predicted molar refractivity (Wildman–Crippen MR) is 39.4 cm³/mol. The normalized spacial score (nSPS) is 16.9. The molecule has 0 aromatic rings. The number of thioether (sulfide) groups is 1. The lowest BCUT2D eigenvalue weighted by molar-refractivity contribution is -0.119. The summed E-state index contributed by atoms with van der Waals surface area (Å²) >= 11 is 1.20. The van der Waals surface area contributed by atoms with Crippen molar-refractivity contribution in [3.63, 3.8) is 0 Å². The molecule has 0 unspecified atom stereocenters. The summed E-state index contributed by atoms with van der Waals surface area (Å²) in [6.45, 7) is 1.39. The highest BCUT2D eigenvalue weighted by Gasteiger charge is 2.15. The fourth-order valence-corrected chi connectivity index (χ4v) is 1.34. The molecule has 0 spiro atoms. The van der Waals surface area contributed by atoms with Gasteiger partial charge in [-0.05, 0) is 6.08 Å². The molecule has 1 rings (SSSR count). The van der Waals surface area contributed by atoms with Crippen molar-refractivity contribution < 1.29 is 9.59 Å². The van der Waals surface area contributed by atoms with Gasteiger partial charge in [0.15, 0.2) is 0 Å². The van der Waals surface area contributed by atoms with Gasteiger partial charge in [0.1, 0.15) is 0 Å². The lowest BCUT2D eigenvalue weighted by Gasteiger charge is -1.97. The first-order valence-corrected chi connectivity index (χ1v) is 3.83. The number of hydrogen-bond acceptors (Lipinski definition) is 3. The van der Waals surface area contributed by atoms with Crippen molar-refractivity contribution in [1.29, 1.82) is 0 Å². The third-order valence-corrected chi connectivity index (χ3v) is 1.85. The summed E-state index contributed by atoms with van der Waals surface area (Å²) in [5.41, 5.74) is 0.428. The van der Waals surface area contributed by atoms with Crippen LogP contribution in [0.15, 0.2) is 11.8 Å². The van der Waals surface area contributed by atoms with Crippen LogP contribution >= 0.6 is 11.8 Å². The summed E-state index contributed by atoms with van der Waals surface area (Å²) in [7, 11) is 0. The Morgan fingerprint density at radius 2 is 2.50 bits per heavy atom. The zero-order valence-corrected chi connectivity index (χ0v) is 6.33. The zero-order valence-electron chi connectivity index (χ0n) is 5.51. The monoisotopic (exact) mass is 157 g/mol. The van der Waals surface area contributed by atoms with Gasteiger partial charge in [0.2, 0.25) is 11.0 Å². The van der Waals surface area contributed by atoms with Crippen LogP contribution in [0.25, 0.3) is 0 Å². The first kappa shape index (κ1) is 7.34. The van der Waals surface area contributed by atoms with Crippen molar-refractivity contribution in [2.45, 2.75) is 6.92 Å². The van der Waals surface area contributed by atoms with E-state index in [0.717, 1.165) is 0 Å². The van der Waals surface area contributed by atoms with E-state index in [1.165, 1.54) is 18.7 Å². The van der Waals surface area contributed by atoms with Crippen LogP contribution in [0.4, 0.5) is 0 Å². The summed E-state index contributed by atoms with van der Waals surface area (Å²) in [5.74, 6) is 0.483. The Labute approximate surface area is 62.9 Å². The van der Waals surface area contributed by atoms with Gasteiger partial charge in [-0.3, -0.25) is 9.59 Å². The second-order valence-electron chi connectivity index (χ2n) is 1.90. The Bertz CT molecular complexity index is 210. The molecule has 0 aliphatic carbocycles. The van der Waals surface area contributed by atoms with Crippen molar-refractivity contribution in [2.24, 2.45) is 0 Å². The Kier molecular flexibility index (Phi) is 2.11. The number of rotatable bonds is 1. The highest BCUT2D eigenvalue weighted by atomic mass is 32.2. The van der Waals surface area contributed by atoms with Gasteiger partial charge in [-0.25, -0.2) is 0 Å². The Balaban J connectivity index is 2.56. The van der Waals surface area contributed by atoms with Gasteiger partial charge in [0.05, 0.1) is 5.70 Å². The van der Waals surface area contributed by atoms with Crippen LogP contribution in [0.5, 0.6) is 0 Å². The number of carbonyl (C=O) groups excluding carboxylic acids is 2. The van der Waals surface area contributed by atoms with E-state index in [-0.39, 0.29) is 11.0 Å². The second kappa shape index (κ2) is 2.88. The van der Waals surface area contributed by atoms with E-state index in [4.69, 9.17) is 0 Å². The van der Waals surface area contributed by atoms with Crippen LogP contribution < -0.4 is 5.32 Å². The summed E-state index contributed by atoms with van der Waals surface area (Å²) in [5, 5.41) is 2.40. The van der Waals surface area contributed by atoms with Crippen molar-refractivity contribution in [2.75, 3.05) is 5.75 Å². The molecule has 0 saturated heterocycles. The molecular weight excluding hydrogens is 150 g/mol. The van der Waals surface area contributed by atoms with E-state index >= 15 is 0 Å². The van der Waals surface area contributed by atoms with E-state index in [9.17, 15) is 9.59 Å². The van der Waals surface area contributed by atoms with Gasteiger partial charge in [0.25, 0.3) is 0 Å². The van der Waals surface area contributed by atoms with Crippen LogP contribution in [0.3, 0.4) is 0 Å². The highest BCUT2D eigenvalue weighted by molar-refractivity contribution is 8.14. The van der Waals surface area contributed by atoms with Gasteiger partial charge in [0, 0.05) is 12.7 Å². The van der Waals surface area contributed by atoms with Crippen LogP contribution in [0, 0.1) is 0 Å². The van der Waals surface area contributed by atoms with E-state index in [1.807, 2.05) is 0 Å². The molecular formula is C6H7NO2S. The van der Waals surface area contributed by atoms with E-state index in [1.54, 1.807) is 6.08 Å². The number of hydrogen-bond donors (Lipinski definition) is 1. The van der Waals surface area contributed by atoms with Crippen molar-refractivity contribution >= 4 is 22.8 Å². The summed E-state index contributed by atoms with van der Waals surface area (Å²) in [6.07, 6.45) is 1.72. The lowest BCUT2D eigenvalue weighted by atomic mass is 10.4. The number of nitrogens with one attached hydrogen (secondary N) is 1. The fourth-order valence-electron chi connectivity index (χ4n) is 0.653. The second-order valence-corrected chi connectivity index (χ2v) is 2.89. The molecule has 1 amide bonds. The van der Waals surface area contributed by atoms with Crippen LogP contribution in [-0.2, 0) is 9.59 Å². The van der Waals surface area contributed by atoms with Crippen LogP contribution in [-0.4, -0.2) is 16.8 Å². The van der Waals surface area contributed by atoms with Gasteiger partial charge in [-0.1, -0.05) is 11.8 Å². The molecule has 1 aliphatic rings. The minimum absolute atomic E-state index is 0.0461. The van der Waals surface area contributed by atoms with E-state index in [2.05, 4.69) is 5.32 Å². The molecule has 0 aromatic heterocycles. The molecule has 0 bridgehead atoms. The maximum absolute atomic E-state index is 10.8. The standard InChI is InChI=1S/C6H7NO2S/c1-4(8)7-5-2-3-10-6(5)9/h2H,3H2,1H3,(H,7,8). The molecule has 1 N–H and O–H groups in total. The third-order valence-electron chi connectivity index (χ3n) is 1.03. The number of amides is 1. The summed E-state index contributed by atoms with van der Waals surface area (Å²) in [4.78, 5) is 21.2. The van der Waals surface area contributed by atoms with Crippen molar-refractivity contribution in [3.05, 3.63) is 11.8 Å².